The van der Waals surface area contributed by atoms with E-state index in [0.29, 0.717) is 0 Å². The smallest absolute Gasteiger partial charge is 0.338 e. The molecule has 0 amide bonds. The molecule has 2 aromatic rings. The van der Waals surface area contributed by atoms with Crippen LogP contribution < -0.4 is 0 Å². The van der Waals surface area contributed by atoms with Crippen molar-refractivity contribution in [3.05, 3.63) is 84.4 Å². The quantitative estimate of drug-likeness (QED) is 0.227. The van der Waals surface area contributed by atoms with Crippen molar-refractivity contribution in [2.24, 2.45) is 28.6 Å². The van der Waals surface area contributed by atoms with Crippen molar-refractivity contribution in [3.8, 4) is 0 Å². The minimum atomic E-state index is -2.80. The molecule has 3 aliphatic carbocycles. The highest BCUT2D eigenvalue weighted by atomic mass is 16.6. The van der Waals surface area contributed by atoms with Crippen LogP contribution in [0.2, 0.25) is 0 Å². The first-order valence-corrected chi connectivity index (χ1v) is 17.4. The normalized spacial score (nSPS) is 35.7. The van der Waals surface area contributed by atoms with Crippen molar-refractivity contribution < 1.29 is 62.7 Å². The number of ether oxygens (including phenoxy) is 5. The van der Waals surface area contributed by atoms with Crippen LogP contribution in [0.25, 0.3) is 0 Å². The summed E-state index contributed by atoms with van der Waals surface area (Å²) in [6.45, 7) is 13.4. The minimum absolute atomic E-state index is 0.102. The molecule has 2 unspecified atom stereocenters. The van der Waals surface area contributed by atoms with E-state index in [0.717, 1.165) is 27.7 Å². The summed E-state index contributed by atoms with van der Waals surface area (Å²) >= 11 is 0. The fourth-order valence-corrected chi connectivity index (χ4v) is 9.40. The van der Waals surface area contributed by atoms with Crippen LogP contribution in [0.5, 0.6) is 0 Å². The van der Waals surface area contributed by atoms with Crippen molar-refractivity contribution in [1.29, 1.82) is 0 Å². The highest BCUT2D eigenvalue weighted by Gasteiger charge is 2.80. The average molecular weight is 735 g/mol. The third-order valence-electron chi connectivity index (χ3n) is 11.5. The number of fused-ring (bicyclic) bond motifs is 3. The molecule has 0 bridgehead atoms. The van der Waals surface area contributed by atoms with E-state index in [1.165, 1.54) is 30.3 Å². The second-order valence-corrected chi connectivity index (χ2v) is 15.1. The lowest BCUT2D eigenvalue weighted by Gasteiger charge is -2.69. The van der Waals surface area contributed by atoms with Crippen molar-refractivity contribution in [2.75, 3.05) is 0 Å². The van der Waals surface area contributed by atoms with Gasteiger partial charge in [-0.15, -0.1) is 6.58 Å². The highest BCUT2D eigenvalue weighted by Crippen LogP contribution is 2.68. The van der Waals surface area contributed by atoms with Crippen LogP contribution in [0.1, 0.15) is 75.6 Å². The molecule has 0 radical (unpaired) electrons. The van der Waals surface area contributed by atoms with E-state index in [9.17, 15) is 39.0 Å². The molecule has 13 nitrogen and oxygen atoms in total. The fourth-order valence-electron chi connectivity index (χ4n) is 9.40. The standard InChI is InChI=1S/C40H46O13/c1-9-26-29(52-34(44)24-16-12-10-13-17-24)31-38(7)27(20-28(49-21(2)41)40(31,48)36(46)39(26,8)47)37(5,6)32(51-23(4)43)30(50-22(3)42)33(38)53-35(45)25-18-14-11-15-19-25/h9-19,26-33,47-48H,1,20H2,2-8H3/t26-,27-,28+,29?,30-,31+,32+,33-,38-,39?,40-/m0/s1. The van der Waals surface area contributed by atoms with Gasteiger partial charge in [0, 0.05) is 37.5 Å². The predicted octanol–water partition coefficient (Wildman–Crippen LogP) is 3.78. The molecule has 0 heterocycles. The Kier molecular flexibility index (Phi) is 10.5. The Bertz CT molecular complexity index is 1790. The van der Waals surface area contributed by atoms with E-state index < -0.39 is 106 Å². The number of rotatable bonds is 8. The van der Waals surface area contributed by atoms with Gasteiger partial charge in [0.15, 0.2) is 17.5 Å². The van der Waals surface area contributed by atoms with Crippen molar-refractivity contribution in [1.82, 2.24) is 0 Å². The van der Waals surface area contributed by atoms with Gasteiger partial charge in [0.2, 0.25) is 0 Å². The van der Waals surface area contributed by atoms with Crippen molar-refractivity contribution >= 4 is 35.6 Å². The summed E-state index contributed by atoms with van der Waals surface area (Å²) in [5.41, 5.74) is -8.03. The van der Waals surface area contributed by atoms with Crippen molar-refractivity contribution in [3.63, 3.8) is 0 Å². The fraction of sp³-hybridized carbons (Fsp3) is 0.500. The van der Waals surface area contributed by atoms with E-state index in [-0.39, 0.29) is 17.5 Å². The molecular weight excluding hydrogens is 688 g/mol. The lowest BCUT2D eigenvalue weighted by atomic mass is 9.38. The van der Waals surface area contributed by atoms with E-state index in [2.05, 4.69) is 6.58 Å². The number of hydrogen-bond donors (Lipinski definition) is 2. The zero-order valence-corrected chi connectivity index (χ0v) is 30.8. The molecule has 0 saturated heterocycles. The van der Waals surface area contributed by atoms with Gasteiger partial charge in [0.05, 0.1) is 17.0 Å². The summed E-state index contributed by atoms with van der Waals surface area (Å²) in [7, 11) is 0. The summed E-state index contributed by atoms with van der Waals surface area (Å²) < 4.78 is 30.0. The topological polar surface area (TPSA) is 189 Å². The van der Waals surface area contributed by atoms with Gasteiger partial charge >= 0.3 is 29.8 Å². The Balaban J connectivity index is 1.86. The third kappa shape index (κ3) is 6.54. The number of carbonyl (C=O) groups is 6. The van der Waals surface area contributed by atoms with Crippen LogP contribution in [0.15, 0.2) is 73.3 Å². The molecule has 13 heteroatoms. The van der Waals surface area contributed by atoms with Crippen molar-refractivity contribution in [2.45, 2.75) is 96.6 Å². The summed E-state index contributed by atoms with van der Waals surface area (Å²) in [6.07, 6.45) is -6.77. The Labute approximate surface area is 307 Å². The highest BCUT2D eigenvalue weighted by molar-refractivity contribution is 5.98. The van der Waals surface area contributed by atoms with Gasteiger partial charge in [-0.2, -0.15) is 0 Å². The molecule has 2 N–H and O–H groups in total. The Hall–Kier alpha value is -4.88. The van der Waals surface area contributed by atoms with Gasteiger partial charge in [-0.25, -0.2) is 9.59 Å². The maximum atomic E-state index is 14.7. The Morgan fingerprint density at radius 2 is 1.19 bits per heavy atom. The molecule has 0 aromatic heterocycles. The second-order valence-electron chi connectivity index (χ2n) is 15.1. The first kappa shape index (κ1) is 39.3. The van der Waals surface area contributed by atoms with Crippen LogP contribution in [0.4, 0.5) is 0 Å². The molecule has 11 atom stereocenters. The second kappa shape index (κ2) is 14.2. The lowest BCUT2D eigenvalue weighted by Crippen LogP contribution is -2.83. The number of benzene rings is 2. The number of Topliss-reactive ketones (excluding diaryl/α,β-unsaturated/α-hetero) is 1. The molecule has 0 spiro atoms. The number of carbonyl (C=O) groups excluding carboxylic acids is 6. The molecule has 3 saturated carbocycles. The molecule has 284 valence electrons. The van der Waals surface area contributed by atoms with Crippen LogP contribution in [0, 0.1) is 28.6 Å². The van der Waals surface area contributed by atoms with E-state index in [4.69, 9.17) is 23.7 Å². The number of ketones is 1. The van der Waals surface area contributed by atoms with Gasteiger partial charge in [0.25, 0.3) is 0 Å². The molecule has 3 fully saturated rings. The Morgan fingerprint density at radius 3 is 1.66 bits per heavy atom. The number of hydrogen-bond acceptors (Lipinski definition) is 13. The van der Waals surface area contributed by atoms with E-state index in [1.807, 2.05) is 0 Å². The lowest BCUT2D eigenvalue weighted by molar-refractivity contribution is -0.321. The number of aliphatic hydroxyl groups is 2. The van der Waals surface area contributed by atoms with Gasteiger partial charge in [-0.1, -0.05) is 63.2 Å². The van der Waals surface area contributed by atoms with Gasteiger partial charge < -0.3 is 33.9 Å². The summed E-state index contributed by atoms with van der Waals surface area (Å²) in [6, 6.07) is 15.8. The summed E-state index contributed by atoms with van der Waals surface area (Å²) in [4.78, 5) is 80.9. The van der Waals surface area contributed by atoms with Crippen LogP contribution >= 0.6 is 0 Å². The maximum Gasteiger partial charge on any atom is 0.338 e. The zero-order chi connectivity index (χ0) is 39.3. The van der Waals surface area contributed by atoms with Crippen LogP contribution in [-0.2, 0) is 42.9 Å². The maximum absolute atomic E-state index is 14.7. The molecule has 3 aliphatic rings. The average Bonchev–Trinajstić information content (AvgIpc) is 3.08. The first-order chi connectivity index (χ1) is 24.7. The van der Waals surface area contributed by atoms with Gasteiger partial charge in [-0.3, -0.25) is 19.2 Å². The van der Waals surface area contributed by atoms with E-state index >= 15 is 0 Å². The van der Waals surface area contributed by atoms with E-state index in [1.54, 1.807) is 57.2 Å². The van der Waals surface area contributed by atoms with Crippen LogP contribution in [-0.4, -0.2) is 87.6 Å². The zero-order valence-electron chi connectivity index (χ0n) is 30.8. The van der Waals surface area contributed by atoms with Crippen LogP contribution in [0.3, 0.4) is 0 Å². The summed E-state index contributed by atoms with van der Waals surface area (Å²) in [5, 5.41) is 25.0. The Morgan fingerprint density at radius 1 is 0.698 bits per heavy atom. The third-order valence-corrected chi connectivity index (χ3v) is 11.5. The predicted molar refractivity (Wildman–Crippen MR) is 186 cm³/mol. The first-order valence-electron chi connectivity index (χ1n) is 17.4. The molecule has 0 aliphatic heterocycles. The number of esters is 5. The largest absolute Gasteiger partial charge is 0.459 e. The monoisotopic (exact) mass is 734 g/mol. The molecule has 5 rings (SSSR count). The molecular formula is C40H46O13. The van der Waals surface area contributed by atoms with Gasteiger partial charge in [-0.05, 0) is 43.5 Å². The molecule has 2 aromatic carbocycles. The summed E-state index contributed by atoms with van der Waals surface area (Å²) in [5.74, 6) is -9.29. The minimum Gasteiger partial charge on any atom is -0.459 e. The van der Waals surface area contributed by atoms with Gasteiger partial charge in [0.1, 0.15) is 30.0 Å². The SMILES string of the molecule is C=C[C@H]1C(OC(=O)c2ccccc2)[C@H]2[C@](O)(C(=O)C1(C)O)[C@H](OC(C)=O)C[C@H]1C(C)(C)[C@H](OC(C)=O)[C@H](OC(C)=O)[C@H](OC(=O)c3ccccc3)[C@@]12C. The molecule has 53 heavy (non-hydrogen) atoms.